The van der Waals surface area contributed by atoms with Gasteiger partial charge in [-0.3, -0.25) is 9.78 Å². The van der Waals surface area contributed by atoms with Crippen LogP contribution in [0.2, 0.25) is 0 Å². The van der Waals surface area contributed by atoms with E-state index >= 15 is 4.39 Å². The molecule has 2 aromatic carbocycles. The van der Waals surface area contributed by atoms with E-state index in [1.54, 1.807) is 55.7 Å². The quantitative estimate of drug-likeness (QED) is 0.0825. The Hall–Kier alpha value is -4.02. The van der Waals surface area contributed by atoms with Crippen LogP contribution in [-0.2, 0) is 16.8 Å². The lowest BCUT2D eigenvalue weighted by Gasteiger charge is -2.39. The number of hydrogen-bond donors (Lipinski definition) is 4. The number of anilines is 2. The lowest BCUT2D eigenvalue weighted by molar-refractivity contribution is -0.112. The van der Waals surface area contributed by atoms with Crippen molar-refractivity contribution >= 4 is 17.3 Å². The zero-order chi connectivity index (χ0) is 35.9. The van der Waals surface area contributed by atoms with Crippen LogP contribution < -0.4 is 22.1 Å². The molecule has 1 saturated carbocycles. The molecule has 3 aromatic rings. The highest BCUT2D eigenvalue weighted by Gasteiger charge is 2.39. The smallest absolute Gasteiger partial charge is 0.351 e. The third kappa shape index (κ3) is 10.8. The Labute approximate surface area is 283 Å². The van der Waals surface area contributed by atoms with Crippen LogP contribution in [0, 0.1) is 17.7 Å². The summed E-state index contributed by atoms with van der Waals surface area (Å²) in [6.07, 6.45) is 4.83. The molecule has 1 amide bonds. The van der Waals surface area contributed by atoms with Crippen LogP contribution in [0.4, 0.5) is 28.9 Å². The summed E-state index contributed by atoms with van der Waals surface area (Å²) in [4.78, 5) is 17.8. The summed E-state index contributed by atoms with van der Waals surface area (Å²) in [6.45, 7) is 10.0. The minimum atomic E-state index is -4.70. The number of benzene rings is 2. The van der Waals surface area contributed by atoms with Crippen molar-refractivity contribution in [3.63, 3.8) is 0 Å². The second-order valence-corrected chi connectivity index (χ2v) is 11.6. The molecule has 6 N–H and O–H groups in total. The molecule has 0 bridgehead atoms. The van der Waals surface area contributed by atoms with Crippen LogP contribution in [0.25, 0.3) is 0 Å². The zero-order valence-corrected chi connectivity index (χ0v) is 28.9. The highest BCUT2D eigenvalue weighted by atomic mass is 19.4. The van der Waals surface area contributed by atoms with Crippen LogP contribution in [0.1, 0.15) is 83.4 Å². The van der Waals surface area contributed by atoms with Crippen molar-refractivity contribution in [3.8, 4) is 0 Å². The molecule has 1 heterocycles. The molecule has 1 unspecified atom stereocenters. The van der Waals surface area contributed by atoms with Crippen molar-refractivity contribution < 1.29 is 22.4 Å². The van der Waals surface area contributed by atoms with Crippen LogP contribution in [0.3, 0.4) is 0 Å². The number of alkyl halides is 3. The summed E-state index contributed by atoms with van der Waals surface area (Å²) in [5.74, 6) is -0.841. The molecule has 48 heavy (non-hydrogen) atoms. The molecule has 1 fully saturated rings. The van der Waals surface area contributed by atoms with Gasteiger partial charge in [0.1, 0.15) is 11.5 Å². The van der Waals surface area contributed by atoms with Crippen molar-refractivity contribution in [2.75, 3.05) is 17.7 Å². The van der Waals surface area contributed by atoms with Crippen molar-refractivity contribution in [2.24, 2.45) is 23.3 Å². The van der Waals surface area contributed by atoms with Gasteiger partial charge >= 0.3 is 6.18 Å². The van der Waals surface area contributed by atoms with Gasteiger partial charge in [0.15, 0.2) is 0 Å². The number of halogens is 4. The minimum Gasteiger partial charge on any atom is -0.351 e. The van der Waals surface area contributed by atoms with Gasteiger partial charge in [0, 0.05) is 30.0 Å². The first-order valence-corrected chi connectivity index (χ1v) is 16.6. The van der Waals surface area contributed by atoms with Crippen molar-refractivity contribution in [3.05, 3.63) is 113 Å². The van der Waals surface area contributed by atoms with Gasteiger partial charge in [-0.2, -0.15) is 13.2 Å². The molecule has 1 aliphatic carbocycles. The second-order valence-electron chi connectivity index (χ2n) is 11.6. The fraction of sp³-hybridized carbons (Fsp3) is 0.421. The molecule has 1 aromatic heterocycles. The Morgan fingerprint density at radius 3 is 2.23 bits per heavy atom. The highest BCUT2D eigenvalue weighted by molar-refractivity contribution is 6.06. The lowest BCUT2D eigenvalue weighted by atomic mass is 9.64. The average Bonchev–Trinajstić information content (AvgIpc) is 3.92. The van der Waals surface area contributed by atoms with Crippen LogP contribution >= 0.6 is 0 Å². The molecule has 1 aliphatic rings. The van der Waals surface area contributed by atoms with Crippen LogP contribution in [0.5, 0.6) is 0 Å². The Morgan fingerprint density at radius 1 is 1.00 bits per heavy atom. The van der Waals surface area contributed by atoms with E-state index in [4.69, 9.17) is 5.73 Å². The third-order valence-corrected chi connectivity index (χ3v) is 8.29. The molecule has 10 heteroatoms. The summed E-state index contributed by atoms with van der Waals surface area (Å²) in [7, 11) is 1.50. The maximum Gasteiger partial charge on any atom is 0.416 e. The third-order valence-electron chi connectivity index (χ3n) is 8.29. The summed E-state index contributed by atoms with van der Waals surface area (Å²) >= 11 is 0. The summed E-state index contributed by atoms with van der Waals surface area (Å²) in [5.41, 5.74) is 11.2. The van der Waals surface area contributed by atoms with E-state index in [-0.39, 0.29) is 30.3 Å². The number of carbonyl (C=O) groups is 1. The Balaban J connectivity index is 0.00000193. The Morgan fingerprint density at radius 2 is 1.67 bits per heavy atom. The van der Waals surface area contributed by atoms with Gasteiger partial charge in [0.05, 0.1) is 11.3 Å². The number of aromatic nitrogens is 1. The zero-order valence-electron chi connectivity index (χ0n) is 28.9. The van der Waals surface area contributed by atoms with Crippen molar-refractivity contribution in [1.29, 1.82) is 0 Å². The molecular formula is C38H51F4N5O. The monoisotopic (exact) mass is 669 g/mol. The van der Waals surface area contributed by atoms with Crippen LogP contribution in [0.15, 0.2) is 90.4 Å². The summed E-state index contributed by atoms with van der Waals surface area (Å²) in [6, 6.07) is 15.3. The van der Waals surface area contributed by atoms with E-state index in [1.165, 1.54) is 26.0 Å². The Kier molecular flexibility index (Phi) is 16.0. The second kappa shape index (κ2) is 19.1. The SMILES string of the molecule is CC.CC/C=C(/C=C(\Nc1cccc(CN)c1)C(=O)Nc1cc(C(CCC2CC2)(c2ccncc2)C(C)C)ccc1F)C(F)(F)F.CN. The molecule has 4 rings (SSSR count). The molecule has 262 valence electrons. The number of nitrogens with one attached hydrogen (secondary N) is 2. The fourth-order valence-electron chi connectivity index (χ4n) is 5.71. The van der Waals surface area contributed by atoms with E-state index in [0.29, 0.717) is 11.6 Å². The lowest BCUT2D eigenvalue weighted by Crippen LogP contribution is -2.34. The highest BCUT2D eigenvalue weighted by Crippen LogP contribution is 2.47. The number of allylic oxidation sites excluding steroid dienone is 3. The van der Waals surface area contributed by atoms with E-state index in [0.717, 1.165) is 41.7 Å². The predicted molar refractivity (Wildman–Crippen MR) is 189 cm³/mol. The van der Waals surface area contributed by atoms with E-state index in [1.807, 2.05) is 26.0 Å². The largest absolute Gasteiger partial charge is 0.416 e. The van der Waals surface area contributed by atoms with Gasteiger partial charge in [-0.05, 0) is 97.3 Å². The van der Waals surface area contributed by atoms with Crippen molar-refractivity contribution in [2.45, 2.75) is 84.9 Å². The predicted octanol–water partition coefficient (Wildman–Crippen LogP) is 9.25. The molecule has 0 saturated heterocycles. The number of amides is 1. The van der Waals surface area contributed by atoms with Crippen molar-refractivity contribution in [1.82, 2.24) is 4.98 Å². The van der Waals surface area contributed by atoms with E-state index < -0.39 is 28.9 Å². The van der Waals surface area contributed by atoms with Gasteiger partial charge in [0.2, 0.25) is 0 Å². The number of hydrogen-bond acceptors (Lipinski definition) is 5. The van der Waals surface area contributed by atoms with Gasteiger partial charge in [0.25, 0.3) is 5.91 Å². The summed E-state index contributed by atoms with van der Waals surface area (Å²) < 4.78 is 57.0. The van der Waals surface area contributed by atoms with Gasteiger partial charge in [-0.25, -0.2) is 4.39 Å². The van der Waals surface area contributed by atoms with Gasteiger partial charge in [-0.15, -0.1) is 0 Å². The summed E-state index contributed by atoms with van der Waals surface area (Å²) in [5, 5.41) is 5.37. The Bertz CT molecular complexity index is 1500. The molecule has 0 spiro atoms. The van der Waals surface area contributed by atoms with Gasteiger partial charge < -0.3 is 22.1 Å². The number of carbonyl (C=O) groups excluding carboxylic acids is 1. The van der Waals surface area contributed by atoms with E-state index in [9.17, 15) is 18.0 Å². The maximum atomic E-state index is 15.3. The first-order chi connectivity index (χ1) is 23.0. The van der Waals surface area contributed by atoms with E-state index in [2.05, 4.69) is 35.2 Å². The first kappa shape index (κ1) is 40.2. The van der Waals surface area contributed by atoms with Crippen LogP contribution in [-0.4, -0.2) is 24.1 Å². The molecule has 1 atom stereocenters. The molecule has 6 nitrogen and oxygen atoms in total. The normalized spacial score (nSPS) is 14.6. The molecular weight excluding hydrogens is 618 g/mol. The number of pyridine rings is 1. The first-order valence-electron chi connectivity index (χ1n) is 16.6. The molecule has 0 radical (unpaired) electrons. The number of nitrogens with zero attached hydrogens (tertiary/aromatic N) is 1. The minimum absolute atomic E-state index is 0.104. The average molecular weight is 670 g/mol. The topological polar surface area (TPSA) is 106 Å². The number of nitrogens with two attached hydrogens (primary N) is 2. The maximum absolute atomic E-state index is 15.3. The number of rotatable bonds is 13. The fourth-order valence-corrected chi connectivity index (χ4v) is 5.71. The van der Waals surface area contributed by atoms with Gasteiger partial charge in [-0.1, -0.05) is 71.7 Å². The standard InChI is InChI=1S/C35H40F4N4O.C2H6.CH5N/c1-4-6-28(35(37,38)39)21-32(42-29-8-5-7-25(19-29)22-40)33(44)43-31-20-27(11-12-30(31)36)34(23(2)3,16-13-24-9-10-24)26-14-17-41-18-15-26;2*1-2/h5-8,11-12,14-15,17-21,23-24,42H,4,9-10,13,16,22,40H2,1-3H3,(H,43,44);1-2H3;2H2,1H3/b28-6-,32-21-;;. The molecule has 0 aliphatic heterocycles.